The summed E-state index contributed by atoms with van der Waals surface area (Å²) in [4.78, 5) is 40.1. The summed E-state index contributed by atoms with van der Waals surface area (Å²) < 4.78 is 44.9. The van der Waals surface area contributed by atoms with Gasteiger partial charge in [-0.2, -0.15) is 13.2 Å². The van der Waals surface area contributed by atoms with Gasteiger partial charge >= 0.3 is 18.1 Å². The van der Waals surface area contributed by atoms with Crippen molar-refractivity contribution < 1.29 is 42.5 Å². The minimum Gasteiger partial charge on any atom is -0.480 e. The summed E-state index contributed by atoms with van der Waals surface area (Å²) in [7, 11) is 0. The van der Waals surface area contributed by atoms with Crippen LogP contribution in [0.25, 0.3) is 0 Å². The number of piperidine rings is 1. The summed E-state index contributed by atoms with van der Waals surface area (Å²) in [6, 6.07) is 2.22. The molecule has 41 heavy (non-hydrogen) atoms. The van der Waals surface area contributed by atoms with Crippen molar-refractivity contribution in [3.05, 3.63) is 28.8 Å². The molecule has 1 saturated heterocycles. The number of aliphatic hydroxyl groups is 1. The number of ether oxygens (including phenoxy) is 1. The van der Waals surface area contributed by atoms with Gasteiger partial charge in [-0.15, -0.1) is 0 Å². The zero-order chi connectivity index (χ0) is 30.6. The molecule has 1 amide bonds. The molecule has 9 nitrogen and oxygen atoms in total. The van der Waals surface area contributed by atoms with Gasteiger partial charge in [-0.3, -0.25) is 14.4 Å². The number of alkyl halides is 3. The summed E-state index contributed by atoms with van der Waals surface area (Å²) >= 11 is 5.91. The standard InChI is InChI=1S/C28H39ClF3N3O6/c1-26(2,3)41-24(38)8-13-34(18-4-5-19(20(29)16-18)28(30,31)32)15-12-33-21(25(39)40)6-7-23(37)35-14-11-27(9-10-27)22(36)17-35/h4-5,16,21-22,33,36H,6-15,17H2,1-3H3,(H,39,40)/t21-,22+/m0/s1. The highest BCUT2D eigenvalue weighted by molar-refractivity contribution is 6.31. The Kier molecular flexibility index (Phi) is 10.6. The van der Waals surface area contributed by atoms with Crippen LogP contribution in [0.5, 0.6) is 0 Å². The van der Waals surface area contributed by atoms with Crippen LogP contribution in [0.1, 0.15) is 64.9 Å². The van der Waals surface area contributed by atoms with Crippen LogP contribution < -0.4 is 10.2 Å². The summed E-state index contributed by atoms with van der Waals surface area (Å²) in [6.07, 6.45) is -2.56. The molecule has 1 saturated carbocycles. The molecule has 0 aromatic heterocycles. The predicted octanol–water partition coefficient (Wildman–Crippen LogP) is 4.09. The molecule has 1 aromatic rings. The largest absolute Gasteiger partial charge is 0.480 e. The third-order valence-corrected chi connectivity index (χ3v) is 7.88. The molecule has 13 heteroatoms. The second-order valence-corrected chi connectivity index (χ2v) is 12.2. The fourth-order valence-electron chi connectivity index (χ4n) is 5.02. The maximum atomic E-state index is 13.2. The van der Waals surface area contributed by atoms with Crippen molar-refractivity contribution in [3.8, 4) is 0 Å². The predicted molar refractivity (Wildman–Crippen MR) is 147 cm³/mol. The van der Waals surface area contributed by atoms with Gasteiger partial charge in [0.1, 0.15) is 11.6 Å². The molecule has 1 aliphatic carbocycles. The number of carbonyl (C=O) groups excluding carboxylic acids is 2. The molecule has 1 aromatic carbocycles. The summed E-state index contributed by atoms with van der Waals surface area (Å²) in [6.45, 7) is 6.29. The zero-order valence-electron chi connectivity index (χ0n) is 23.6. The van der Waals surface area contributed by atoms with Gasteiger partial charge in [-0.1, -0.05) is 11.6 Å². The van der Waals surface area contributed by atoms with Crippen molar-refractivity contribution in [1.29, 1.82) is 0 Å². The molecule has 2 aliphatic rings. The van der Waals surface area contributed by atoms with Gasteiger partial charge < -0.3 is 30.1 Å². The molecule has 0 radical (unpaired) electrons. The Morgan fingerprint density at radius 1 is 1.17 bits per heavy atom. The Bertz CT molecular complexity index is 1110. The number of nitrogens with one attached hydrogen (secondary N) is 1. The number of β-amino-alcohol motifs (C(OH)–C–C–N with tert-alkyl or cyclic N) is 1. The van der Waals surface area contributed by atoms with Gasteiger partial charge in [-0.25, -0.2) is 0 Å². The van der Waals surface area contributed by atoms with Gasteiger partial charge in [0.2, 0.25) is 5.91 Å². The monoisotopic (exact) mass is 605 g/mol. The number of anilines is 1. The van der Waals surface area contributed by atoms with Crippen LogP contribution in [0.4, 0.5) is 18.9 Å². The van der Waals surface area contributed by atoms with Crippen molar-refractivity contribution in [2.24, 2.45) is 5.41 Å². The number of carbonyl (C=O) groups is 3. The first-order chi connectivity index (χ1) is 19.0. The van der Waals surface area contributed by atoms with E-state index >= 15 is 0 Å². The first kappa shape index (κ1) is 32.9. The number of hydrogen-bond acceptors (Lipinski definition) is 7. The van der Waals surface area contributed by atoms with Crippen LogP contribution in [0.15, 0.2) is 18.2 Å². The van der Waals surface area contributed by atoms with E-state index in [9.17, 15) is 37.8 Å². The summed E-state index contributed by atoms with van der Waals surface area (Å²) in [5.41, 5.74) is -1.42. The lowest BCUT2D eigenvalue weighted by Gasteiger charge is -2.36. The third-order valence-electron chi connectivity index (χ3n) is 7.57. The van der Waals surface area contributed by atoms with Crippen LogP contribution in [0.2, 0.25) is 5.02 Å². The summed E-state index contributed by atoms with van der Waals surface area (Å²) in [5.74, 6) is -1.86. The number of esters is 1. The number of rotatable bonds is 12. The van der Waals surface area contributed by atoms with Crippen molar-refractivity contribution in [2.75, 3.05) is 37.6 Å². The number of hydrogen-bond donors (Lipinski definition) is 3. The van der Waals surface area contributed by atoms with Crippen LogP contribution in [-0.2, 0) is 25.3 Å². The van der Waals surface area contributed by atoms with Crippen molar-refractivity contribution in [2.45, 2.75) is 83.2 Å². The average Bonchev–Trinajstić information content (AvgIpc) is 3.63. The van der Waals surface area contributed by atoms with E-state index in [0.29, 0.717) is 12.2 Å². The van der Waals surface area contributed by atoms with E-state index < -0.39 is 46.4 Å². The number of carboxylic acids is 1. The van der Waals surface area contributed by atoms with Gasteiger partial charge in [0, 0.05) is 44.8 Å². The van der Waals surface area contributed by atoms with Crippen LogP contribution in [-0.4, -0.2) is 83.4 Å². The molecular formula is C28H39ClF3N3O6. The molecule has 0 bridgehead atoms. The lowest BCUT2D eigenvalue weighted by atomic mass is 9.90. The minimum absolute atomic E-state index is 0.0133. The molecule has 0 unspecified atom stereocenters. The number of aliphatic carboxylic acids is 1. The molecule has 230 valence electrons. The van der Waals surface area contributed by atoms with Crippen LogP contribution in [0, 0.1) is 5.41 Å². The average molecular weight is 606 g/mol. The number of amides is 1. The van der Waals surface area contributed by atoms with Gasteiger partial charge in [0.25, 0.3) is 0 Å². The van der Waals surface area contributed by atoms with Crippen molar-refractivity contribution in [3.63, 3.8) is 0 Å². The van der Waals surface area contributed by atoms with E-state index in [1.54, 1.807) is 30.6 Å². The Morgan fingerprint density at radius 2 is 1.85 bits per heavy atom. The van der Waals surface area contributed by atoms with Gasteiger partial charge in [0.15, 0.2) is 0 Å². The van der Waals surface area contributed by atoms with E-state index in [-0.39, 0.29) is 56.8 Å². The Morgan fingerprint density at radius 3 is 2.39 bits per heavy atom. The Labute approximate surface area is 243 Å². The van der Waals surface area contributed by atoms with Crippen molar-refractivity contribution >= 4 is 35.1 Å². The molecule has 1 aliphatic heterocycles. The molecule has 1 heterocycles. The van der Waals surface area contributed by atoms with Gasteiger partial charge in [0.05, 0.1) is 23.1 Å². The fraction of sp³-hybridized carbons (Fsp3) is 0.679. The number of benzene rings is 1. The number of carboxylic acid groups (broad SMARTS) is 1. The third kappa shape index (κ3) is 9.47. The molecular weight excluding hydrogens is 567 g/mol. The minimum atomic E-state index is -4.63. The molecule has 3 N–H and O–H groups in total. The topological polar surface area (TPSA) is 119 Å². The quantitative estimate of drug-likeness (QED) is 0.305. The molecule has 1 spiro atoms. The number of likely N-dealkylation sites (tertiary alicyclic amines) is 1. The lowest BCUT2D eigenvalue weighted by molar-refractivity contribution is -0.154. The second kappa shape index (κ2) is 13.2. The van der Waals surface area contributed by atoms with Crippen LogP contribution in [0.3, 0.4) is 0 Å². The number of halogens is 4. The Balaban J connectivity index is 1.59. The van der Waals surface area contributed by atoms with E-state index in [2.05, 4.69) is 5.32 Å². The van der Waals surface area contributed by atoms with E-state index in [4.69, 9.17) is 16.3 Å². The zero-order valence-corrected chi connectivity index (χ0v) is 24.4. The SMILES string of the molecule is CC(C)(C)OC(=O)CCN(CCN[C@@H](CCC(=O)N1CCC2(CC2)[C@H](O)C1)C(=O)O)c1ccc(C(F)(F)F)c(Cl)c1. The lowest BCUT2D eigenvalue weighted by Crippen LogP contribution is -2.48. The van der Waals surface area contributed by atoms with Crippen LogP contribution >= 0.6 is 11.6 Å². The maximum absolute atomic E-state index is 13.2. The van der Waals surface area contributed by atoms with Crippen molar-refractivity contribution in [1.82, 2.24) is 10.2 Å². The first-order valence-electron chi connectivity index (χ1n) is 13.8. The highest BCUT2D eigenvalue weighted by Crippen LogP contribution is 2.53. The maximum Gasteiger partial charge on any atom is 0.417 e. The molecule has 3 rings (SSSR count). The van der Waals surface area contributed by atoms with Gasteiger partial charge in [-0.05, 0) is 70.1 Å². The highest BCUT2D eigenvalue weighted by Gasteiger charge is 2.51. The smallest absolute Gasteiger partial charge is 0.417 e. The molecule has 2 fully saturated rings. The summed E-state index contributed by atoms with van der Waals surface area (Å²) in [5, 5.41) is 22.5. The number of aliphatic hydroxyl groups excluding tert-OH is 1. The first-order valence-corrected chi connectivity index (χ1v) is 14.1. The van der Waals surface area contributed by atoms with E-state index in [1.165, 1.54) is 6.07 Å². The highest BCUT2D eigenvalue weighted by atomic mass is 35.5. The fourth-order valence-corrected chi connectivity index (χ4v) is 5.30. The van der Waals surface area contributed by atoms with E-state index in [1.807, 2.05) is 0 Å². The van der Waals surface area contributed by atoms with E-state index in [0.717, 1.165) is 31.4 Å². The molecule has 2 atom stereocenters. The second-order valence-electron chi connectivity index (χ2n) is 11.8. The Hall–Kier alpha value is -2.57. The number of nitrogens with zero attached hydrogens (tertiary/aromatic N) is 2. The normalized spacial score (nSPS) is 19.1.